The van der Waals surface area contributed by atoms with E-state index in [4.69, 9.17) is 4.98 Å². The Balaban J connectivity index is 0.829. The van der Waals surface area contributed by atoms with Crippen LogP contribution in [0.2, 0.25) is 0 Å². The quantitative estimate of drug-likeness (QED) is 0.146. The van der Waals surface area contributed by atoms with Gasteiger partial charge in [-0.25, -0.2) is 4.98 Å². The van der Waals surface area contributed by atoms with Crippen molar-refractivity contribution in [2.45, 2.75) is 13.8 Å². The van der Waals surface area contributed by atoms with Crippen LogP contribution < -0.4 is 4.90 Å². The van der Waals surface area contributed by atoms with E-state index < -0.39 is 0 Å². The van der Waals surface area contributed by atoms with Crippen molar-refractivity contribution in [2.75, 3.05) is 4.90 Å². The van der Waals surface area contributed by atoms with E-state index in [1.165, 1.54) is 55.6 Å². The molecule has 0 saturated carbocycles. The third-order valence-corrected chi connectivity index (χ3v) is 11.4. The molecule has 0 spiro atoms. The average Bonchev–Trinajstić information content (AvgIpc) is 3.71. The van der Waals surface area contributed by atoms with Gasteiger partial charge in [0, 0.05) is 28.3 Å². The van der Waals surface area contributed by atoms with Crippen molar-refractivity contribution in [3.63, 3.8) is 0 Å². The van der Waals surface area contributed by atoms with Gasteiger partial charge >= 0.3 is 0 Å². The maximum atomic E-state index is 5.04. The number of aromatic nitrogens is 2. The number of nitrogens with zero attached hydrogens (tertiary/aromatic N) is 3. The van der Waals surface area contributed by atoms with E-state index in [0.29, 0.717) is 0 Å². The fourth-order valence-corrected chi connectivity index (χ4v) is 8.07. The first kappa shape index (κ1) is 36.6. The molecule has 10 aromatic rings. The lowest BCUT2D eigenvalue weighted by molar-refractivity contribution is 1.10. The molecule has 1 heterocycles. The topological polar surface area (TPSA) is 21.1 Å². The van der Waals surface area contributed by atoms with Crippen LogP contribution in [-0.2, 0) is 0 Å². The lowest BCUT2D eigenvalue weighted by atomic mass is 9.96. The van der Waals surface area contributed by atoms with Crippen molar-refractivity contribution in [1.82, 2.24) is 9.55 Å². The Hall–Kier alpha value is -7.75. The van der Waals surface area contributed by atoms with Crippen LogP contribution in [0.25, 0.3) is 72.6 Å². The minimum absolute atomic E-state index is 0.939. The largest absolute Gasteiger partial charge is 0.311 e. The number of imidazole rings is 1. The number of para-hydroxylation sites is 3. The van der Waals surface area contributed by atoms with E-state index in [1.54, 1.807) is 0 Å². The second-order valence-corrected chi connectivity index (χ2v) is 15.5. The van der Waals surface area contributed by atoms with E-state index in [2.05, 4.69) is 236 Å². The lowest BCUT2D eigenvalue weighted by Gasteiger charge is -2.26. The molecule has 0 N–H and O–H groups in total. The first-order valence-corrected chi connectivity index (χ1v) is 20.5. The number of aryl methyl sites for hydroxylation is 2. The molecule has 3 heteroatoms. The first-order chi connectivity index (χ1) is 29.5. The van der Waals surface area contributed by atoms with Gasteiger partial charge in [0.15, 0.2) is 0 Å². The van der Waals surface area contributed by atoms with Crippen LogP contribution in [0, 0.1) is 13.8 Å². The van der Waals surface area contributed by atoms with E-state index in [-0.39, 0.29) is 0 Å². The highest BCUT2D eigenvalue weighted by atomic mass is 15.1. The summed E-state index contributed by atoms with van der Waals surface area (Å²) in [6.07, 6.45) is 0. The predicted octanol–water partition coefficient (Wildman–Crippen LogP) is 15.4. The van der Waals surface area contributed by atoms with E-state index >= 15 is 0 Å². The summed E-state index contributed by atoms with van der Waals surface area (Å²) in [4.78, 5) is 7.35. The molecular weight excluding hydrogens is 727 g/mol. The van der Waals surface area contributed by atoms with Gasteiger partial charge in [0.2, 0.25) is 0 Å². The number of rotatable bonds is 9. The van der Waals surface area contributed by atoms with Crippen molar-refractivity contribution in [3.05, 3.63) is 236 Å². The van der Waals surface area contributed by atoms with Gasteiger partial charge in [0.05, 0.1) is 11.0 Å². The van der Waals surface area contributed by atoms with Gasteiger partial charge in [0.1, 0.15) is 5.82 Å². The number of hydrogen-bond acceptors (Lipinski definition) is 2. The zero-order valence-electron chi connectivity index (χ0n) is 33.7. The van der Waals surface area contributed by atoms with Crippen molar-refractivity contribution < 1.29 is 0 Å². The molecule has 0 fully saturated rings. The van der Waals surface area contributed by atoms with Crippen LogP contribution >= 0.6 is 0 Å². The molecule has 286 valence electrons. The molecule has 0 radical (unpaired) electrons. The van der Waals surface area contributed by atoms with Crippen molar-refractivity contribution in [3.8, 4) is 61.6 Å². The van der Waals surface area contributed by atoms with Gasteiger partial charge < -0.3 is 4.90 Å². The second kappa shape index (κ2) is 15.9. The summed E-state index contributed by atoms with van der Waals surface area (Å²) in [6.45, 7) is 4.25. The Labute approximate surface area is 352 Å². The standard InChI is InChI=1S/C57H43N3/c1-40-12-34-52(35-13-40)59(53-36-14-41(2)15-37-53)54-38-32-49(33-39-54)47-26-24-45(25-27-47)43-18-16-42(17-19-43)44-20-22-46(23-21-44)48-28-30-50(31-29-48)57-58-55-10-6-7-11-56(55)60(57)51-8-4-3-5-9-51/h3-39H,1-2H3. The van der Waals surface area contributed by atoms with Crippen LogP contribution in [0.5, 0.6) is 0 Å². The van der Waals surface area contributed by atoms with Crippen LogP contribution in [0.1, 0.15) is 11.1 Å². The van der Waals surface area contributed by atoms with Gasteiger partial charge in [-0.3, -0.25) is 4.57 Å². The third-order valence-electron chi connectivity index (χ3n) is 11.4. The maximum absolute atomic E-state index is 5.04. The first-order valence-electron chi connectivity index (χ1n) is 20.5. The van der Waals surface area contributed by atoms with E-state index in [0.717, 1.165) is 45.2 Å². The molecule has 0 aliphatic carbocycles. The van der Waals surface area contributed by atoms with Crippen molar-refractivity contribution in [2.24, 2.45) is 0 Å². The molecule has 0 amide bonds. The van der Waals surface area contributed by atoms with Gasteiger partial charge in [-0.15, -0.1) is 0 Å². The van der Waals surface area contributed by atoms with Crippen LogP contribution in [0.15, 0.2) is 224 Å². The SMILES string of the molecule is Cc1ccc(N(c2ccc(C)cc2)c2ccc(-c3ccc(-c4ccc(-c5ccc(-c6ccc(-c7nc8ccccc8n7-c7ccccc7)cc6)cc5)cc4)cc3)cc2)cc1. The summed E-state index contributed by atoms with van der Waals surface area (Å²) >= 11 is 0. The van der Waals surface area contributed by atoms with Crippen molar-refractivity contribution >= 4 is 28.1 Å². The van der Waals surface area contributed by atoms with E-state index in [1.807, 2.05) is 12.1 Å². The van der Waals surface area contributed by atoms with E-state index in [9.17, 15) is 0 Å². The normalized spacial score (nSPS) is 11.2. The highest BCUT2D eigenvalue weighted by Crippen LogP contribution is 2.37. The molecule has 10 rings (SSSR count). The molecule has 0 aliphatic heterocycles. The summed E-state index contributed by atoms with van der Waals surface area (Å²) in [5, 5.41) is 0. The zero-order chi connectivity index (χ0) is 40.4. The Morgan fingerprint density at radius 3 is 1.03 bits per heavy atom. The molecule has 9 aromatic carbocycles. The monoisotopic (exact) mass is 769 g/mol. The molecule has 1 aromatic heterocycles. The number of fused-ring (bicyclic) bond motifs is 1. The smallest absolute Gasteiger partial charge is 0.145 e. The minimum atomic E-state index is 0.939. The maximum Gasteiger partial charge on any atom is 0.145 e. The minimum Gasteiger partial charge on any atom is -0.311 e. The lowest BCUT2D eigenvalue weighted by Crippen LogP contribution is -2.09. The summed E-state index contributed by atoms with van der Waals surface area (Å²) < 4.78 is 2.24. The number of anilines is 3. The Morgan fingerprint density at radius 1 is 0.317 bits per heavy atom. The van der Waals surface area contributed by atoms with Crippen molar-refractivity contribution in [1.29, 1.82) is 0 Å². The molecular formula is C57H43N3. The fraction of sp³-hybridized carbons (Fsp3) is 0.0351. The van der Waals surface area contributed by atoms with Gasteiger partial charge in [-0.2, -0.15) is 0 Å². The summed E-state index contributed by atoms with van der Waals surface area (Å²) in [7, 11) is 0. The van der Waals surface area contributed by atoms with Gasteiger partial charge in [-0.1, -0.05) is 175 Å². The molecule has 0 aliphatic rings. The van der Waals surface area contributed by atoms with Crippen LogP contribution in [-0.4, -0.2) is 9.55 Å². The fourth-order valence-electron chi connectivity index (χ4n) is 8.07. The Bertz CT molecular complexity index is 2970. The molecule has 0 saturated heterocycles. The molecule has 60 heavy (non-hydrogen) atoms. The summed E-state index contributed by atoms with van der Waals surface area (Å²) in [6, 6.07) is 80.5. The average molecular weight is 770 g/mol. The van der Waals surface area contributed by atoms with Crippen LogP contribution in [0.4, 0.5) is 17.1 Å². The second-order valence-electron chi connectivity index (χ2n) is 15.5. The number of benzene rings is 9. The van der Waals surface area contributed by atoms with Gasteiger partial charge in [-0.05, 0) is 119 Å². The highest BCUT2D eigenvalue weighted by molar-refractivity contribution is 5.84. The Morgan fingerprint density at radius 2 is 0.633 bits per heavy atom. The summed E-state index contributed by atoms with van der Waals surface area (Å²) in [5.41, 5.74) is 19.7. The molecule has 0 atom stereocenters. The summed E-state index contributed by atoms with van der Waals surface area (Å²) in [5.74, 6) is 0.939. The van der Waals surface area contributed by atoms with Gasteiger partial charge in [0.25, 0.3) is 0 Å². The predicted molar refractivity (Wildman–Crippen MR) is 252 cm³/mol. The third kappa shape index (κ3) is 7.30. The highest BCUT2D eigenvalue weighted by Gasteiger charge is 2.15. The molecule has 0 unspecified atom stereocenters. The molecule has 3 nitrogen and oxygen atoms in total. The Kier molecular flexibility index (Phi) is 9.69. The van der Waals surface area contributed by atoms with Crippen LogP contribution in [0.3, 0.4) is 0 Å². The number of hydrogen-bond donors (Lipinski definition) is 0. The molecule has 0 bridgehead atoms. The zero-order valence-corrected chi connectivity index (χ0v) is 33.7.